The summed E-state index contributed by atoms with van der Waals surface area (Å²) in [5.41, 5.74) is 7.93. The van der Waals surface area contributed by atoms with Crippen LogP contribution in [-0.2, 0) is 6.42 Å². The quantitative estimate of drug-likeness (QED) is 0.661. The van der Waals surface area contributed by atoms with Gasteiger partial charge in [-0.2, -0.15) is 0 Å². The fraction of sp³-hybridized carbons (Fsp3) is 0.133. The second kappa shape index (κ2) is 5.36. The van der Waals surface area contributed by atoms with Crippen molar-refractivity contribution in [3.8, 4) is 5.75 Å². The minimum Gasteiger partial charge on any atom is -0.497 e. The molecule has 92 valence electrons. The lowest BCUT2D eigenvalue weighted by atomic mass is 10.0. The van der Waals surface area contributed by atoms with Crippen LogP contribution in [0.2, 0.25) is 0 Å². The molecule has 2 rings (SSSR count). The maximum Gasteiger partial charge on any atom is 0.167 e. The van der Waals surface area contributed by atoms with Crippen molar-refractivity contribution in [3.05, 3.63) is 59.7 Å². The van der Waals surface area contributed by atoms with Gasteiger partial charge in [-0.05, 0) is 29.8 Å². The van der Waals surface area contributed by atoms with Crippen LogP contribution in [0.3, 0.4) is 0 Å². The molecule has 0 heterocycles. The summed E-state index contributed by atoms with van der Waals surface area (Å²) in [4.78, 5) is 12.1. The molecule has 0 aliphatic heterocycles. The Kier molecular flexibility index (Phi) is 3.63. The first-order valence-corrected chi connectivity index (χ1v) is 5.71. The van der Waals surface area contributed by atoms with Gasteiger partial charge in [-0.25, -0.2) is 0 Å². The van der Waals surface area contributed by atoms with Crippen LogP contribution in [-0.4, -0.2) is 12.9 Å². The Labute approximate surface area is 106 Å². The second-order valence-electron chi connectivity index (χ2n) is 4.08. The predicted octanol–water partition coefficient (Wildman–Crippen LogP) is 2.70. The van der Waals surface area contributed by atoms with E-state index in [0.29, 0.717) is 23.4 Å². The third-order valence-corrected chi connectivity index (χ3v) is 2.71. The molecule has 0 atom stereocenters. The number of methoxy groups -OCH3 is 1. The first kappa shape index (κ1) is 12.2. The molecule has 0 bridgehead atoms. The maximum absolute atomic E-state index is 12.1. The summed E-state index contributed by atoms with van der Waals surface area (Å²) in [6.45, 7) is 0. The molecular formula is C15H15NO2. The molecule has 2 aromatic rings. The fourth-order valence-corrected chi connectivity index (χ4v) is 1.79. The molecule has 3 heteroatoms. The summed E-state index contributed by atoms with van der Waals surface area (Å²) in [5, 5.41) is 0. The summed E-state index contributed by atoms with van der Waals surface area (Å²) in [5.74, 6) is 0.743. The number of Topliss-reactive ketones (excluding diaryl/α,β-unsaturated/α-hetero) is 1. The molecule has 0 saturated carbocycles. The zero-order valence-corrected chi connectivity index (χ0v) is 10.2. The highest BCUT2D eigenvalue weighted by Crippen LogP contribution is 2.15. The summed E-state index contributed by atoms with van der Waals surface area (Å²) in [6, 6.07) is 14.5. The van der Waals surface area contributed by atoms with Crippen molar-refractivity contribution < 1.29 is 9.53 Å². The second-order valence-corrected chi connectivity index (χ2v) is 4.08. The Bertz CT molecular complexity index is 564. The lowest BCUT2D eigenvalue weighted by Crippen LogP contribution is -2.04. The van der Waals surface area contributed by atoms with E-state index in [9.17, 15) is 4.79 Å². The fourth-order valence-electron chi connectivity index (χ4n) is 1.79. The van der Waals surface area contributed by atoms with Crippen molar-refractivity contribution in [2.45, 2.75) is 6.42 Å². The molecule has 2 N–H and O–H groups in total. The monoisotopic (exact) mass is 241 g/mol. The van der Waals surface area contributed by atoms with Gasteiger partial charge < -0.3 is 10.5 Å². The number of anilines is 1. The average molecular weight is 241 g/mol. The molecule has 0 spiro atoms. The van der Waals surface area contributed by atoms with E-state index in [1.807, 2.05) is 30.3 Å². The SMILES string of the molecule is COc1cccc(C(=O)Cc2cccc(N)c2)c1. The topological polar surface area (TPSA) is 52.3 Å². The molecule has 3 nitrogen and oxygen atoms in total. The summed E-state index contributed by atoms with van der Waals surface area (Å²) >= 11 is 0. The van der Waals surface area contributed by atoms with Gasteiger partial charge in [0.1, 0.15) is 5.75 Å². The number of ether oxygens (including phenoxy) is 1. The van der Waals surface area contributed by atoms with Crippen LogP contribution in [0.25, 0.3) is 0 Å². The smallest absolute Gasteiger partial charge is 0.167 e. The molecule has 0 unspecified atom stereocenters. The van der Waals surface area contributed by atoms with Crippen LogP contribution in [0.5, 0.6) is 5.75 Å². The number of carbonyl (C=O) groups is 1. The van der Waals surface area contributed by atoms with Gasteiger partial charge in [0.25, 0.3) is 0 Å². The molecule has 18 heavy (non-hydrogen) atoms. The first-order chi connectivity index (χ1) is 8.69. The number of carbonyl (C=O) groups excluding carboxylic acids is 1. The number of rotatable bonds is 4. The van der Waals surface area contributed by atoms with E-state index >= 15 is 0 Å². The first-order valence-electron chi connectivity index (χ1n) is 5.71. The maximum atomic E-state index is 12.1. The molecule has 0 aliphatic rings. The van der Waals surface area contributed by atoms with E-state index in [1.54, 1.807) is 25.3 Å². The minimum absolute atomic E-state index is 0.0551. The number of benzene rings is 2. The van der Waals surface area contributed by atoms with Gasteiger partial charge in [0.15, 0.2) is 5.78 Å². The van der Waals surface area contributed by atoms with Crippen molar-refractivity contribution >= 4 is 11.5 Å². The Morgan fingerprint density at radius 3 is 2.67 bits per heavy atom. The third kappa shape index (κ3) is 2.88. The van der Waals surface area contributed by atoms with Gasteiger partial charge >= 0.3 is 0 Å². The zero-order valence-electron chi connectivity index (χ0n) is 10.2. The Balaban J connectivity index is 2.16. The van der Waals surface area contributed by atoms with Crippen LogP contribution in [0, 0.1) is 0 Å². The highest BCUT2D eigenvalue weighted by molar-refractivity contribution is 5.97. The van der Waals surface area contributed by atoms with Crippen molar-refractivity contribution in [2.75, 3.05) is 12.8 Å². The molecular weight excluding hydrogens is 226 g/mol. The molecule has 0 aliphatic carbocycles. The lowest BCUT2D eigenvalue weighted by molar-refractivity contribution is 0.0992. The normalized spacial score (nSPS) is 10.1. The average Bonchev–Trinajstić information content (AvgIpc) is 2.39. The van der Waals surface area contributed by atoms with E-state index in [4.69, 9.17) is 10.5 Å². The van der Waals surface area contributed by atoms with Gasteiger partial charge in [0.05, 0.1) is 7.11 Å². The highest BCUT2D eigenvalue weighted by Gasteiger charge is 2.08. The largest absolute Gasteiger partial charge is 0.497 e. The minimum atomic E-state index is 0.0551. The van der Waals surface area contributed by atoms with Gasteiger partial charge in [-0.1, -0.05) is 24.3 Å². The van der Waals surface area contributed by atoms with E-state index in [-0.39, 0.29) is 5.78 Å². The molecule has 0 amide bonds. The molecule has 2 aromatic carbocycles. The van der Waals surface area contributed by atoms with Crippen molar-refractivity contribution in [3.63, 3.8) is 0 Å². The Morgan fingerprint density at radius 2 is 1.94 bits per heavy atom. The Morgan fingerprint density at radius 1 is 1.17 bits per heavy atom. The number of ketones is 1. The van der Waals surface area contributed by atoms with Gasteiger partial charge in [0, 0.05) is 17.7 Å². The zero-order chi connectivity index (χ0) is 13.0. The van der Waals surface area contributed by atoms with Crippen molar-refractivity contribution in [2.24, 2.45) is 0 Å². The van der Waals surface area contributed by atoms with Crippen molar-refractivity contribution in [1.82, 2.24) is 0 Å². The highest BCUT2D eigenvalue weighted by atomic mass is 16.5. The molecule has 0 fully saturated rings. The third-order valence-electron chi connectivity index (χ3n) is 2.71. The summed E-state index contributed by atoms with van der Waals surface area (Å²) < 4.78 is 5.10. The summed E-state index contributed by atoms with van der Waals surface area (Å²) in [6.07, 6.45) is 0.345. The van der Waals surface area contributed by atoms with Crippen LogP contribution < -0.4 is 10.5 Å². The van der Waals surface area contributed by atoms with Crippen LogP contribution in [0.15, 0.2) is 48.5 Å². The van der Waals surface area contributed by atoms with E-state index < -0.39 is 0 Å². The number of nitrogens with two attached hydrogens (primary N) is 1. The molecule has 0 radical (unpaired) electrons. The number of hydrogen-bond donors (Lipinski definition) is 1. The Hall–Kier alpha value is -2.29. The van der Waals surface area contributed by atoms with Gasteiger partial charge in [-0.3, -0.25) is 4.79 Å². The standard InChI is InChI=1S/C15H15NO2/c1-18-14-7-3-5-12(10-14)15(17)9-11-4-2-6-13(16)8-11/h2-8,10H,9,16H2,1H3. The molecule has 0 aromatic heterocycles. The lowest BCUT2D eigenvalue weighted by Gasteiger charge is -2.04. The van der Waals surface area contributed by atoms with Gasteiger partial charge in [0.2, 0.25) is 0 Å². The van der Waals surface area contributed by atoms with E-state index in [1.165, 1.54) is 0 Å². The number of nitrogen functional groups attached to an aromatic ring is 1. The van der Waals surface area contributed by atoms with E-state index in [0.717, 1.165) is 5.56 Å². The molecule has 0 saturated heterocycles. The van der Waals surface area contributed by atoms with E-state index in [2.05, 4.69) is 0 Å². The van der Waals surface area contributed by atoms with Gasteiger partial charge in [-0.15, -0.1) is 0 Å². The van der Waals surface area contributed by atoms with Crippen LogP contribution in [0.4, 0.5) is 5.69 Å². The van der Waals surface area contributed by atoms with Crippen LogP contribution >= 0.6 is 0 Å². The van der Waals surface area contributed by atoms with Crippen molar-refractivity contribution in [1.29, 1.82) is 0 Å². The van der Waals surface area contributed by atoms with Crippen LogP contribution in [0.1, 0.15) is 15.9 Å². The predicted molar refractivity (Wildman–Crippen MR) is 71.9 cm³/mol. The summed E-state index contributed by atoms with van der Waals surface area (Å²) in [7, 11) is 1.58. The number of hydrogen-bond acceptors (Lipinski definition) is 3.